The highest BCUT2D eigenvalue weighted by atomic mass is 15.2. The first-order chi connectivity index (χ1) is 20.7. The highest BCUT2D eigenvalue weighted by Crippen LogP contribution is 2.56. The van der Waals surface area contributed by atoms with Crippen molar-refractivity contribution >= 4 is 11.4 Å². The number of hydrogen-bond donors (Lipinski definition) is 0. The van der Waals surface area contributed by atoms with Crippen LogP contribution in [0.2, 0.25) is 0 Å². The van der Waals surface area contributed by atoms with Crippen molar-refractivity contribution in [2.75, 3.05) is 9.80 Å². The molecule has 0 bridgehead atoms. The standard InChI is InChI=1S/C40H44N2/c1-29-16-14-24-34(28-29)42(33-22-10-5-11-23-33)40-36-26-13-12-25-35(36)39(37-27-15-17-30(2)38(37)40)41(31-18-6-3-7-19-31)32-20-8-4-9-21-32/h3,5-7,10-15,17-19,22-29,32,37-40H,4,8-9,16,20-21H2,1-2H3/t29-,37?,38?,39?,40?/m1/s1. The largest absolute Gasteiger partial charge is 0.361 e. The summed E-state index contributed by atoms with van der Waals surface area (Å²) in [5.41, 5.74) is 8.42. The molecule has 2 heteroatoms. The van der Waals surface area contributed by atoms with Crippen LogP contribution in [0.1, 0.15) is 75.6 Å². The first-order valence-electron chi connectivity index (χ1n) is 16.2. The van der Waals surface area contributed by atoms with Gasteiger partial charge >= 0.3 is 0 Å². The fourth-order valence-corrected chi connectivity index (χ4v) is 8.31. The normalized spacial score (nSPS) is 27.0. The molecule has 42 heavy (non-hydrogen) atoms. The van der Waals surface area contributed by atoms with Crippen molar-refractivity contribution in [1.82, 2.24) is 0 Å². The molecule has 5 atom stereocenters. The maximum Gasteiger partial charge on any atom is 0.0666 e. The van der Waals surface area contributed by atoms with Crippen molar-refractivity contribution < 1.29 is 0 Å². The maximum absolute atomic E-state index is 2.85. The third-order valence-corrected chi connectivity index (χ3v) is 10.1. The highest BCUT2D eigenvalue weighted by Gasteiger charge is 2.49. The van der Waals surface area contributed by atoms with E-state index in [2.05, 4.69) is 145 Å². The molecule has 0 radical (unpaired) electrons. The van der Waals surface area contributed by atoms with E-state index >= 15 is 0 Å². The second kappa shape index (κ2) is 11.8. The summed E-state index contributed by atoms with van der Waals surface area (Å²) in [4.78, 5) is 5.52. The molecule has 0 aromatic heterocycles. The summed E-state index contributed by atoms with van der Waals surface area (Å²) in [7, 11) is 0. The molecule has 0 aliphatic heterocycles. The average molecular weight is 553 g/mol. The Bertz CT molecular complexity index is 1490. The number of nitrogens with zero attached hydrogens (tertiary/aromatic N) is 2. The van der Waals surface area contributed by atoms with Crippen LogP contribution in [0.25, 0.3) is 0 Å². The van der Waals surface area contributed by atoms with Crippen LogP contribution in [0, 0.1) is 17.8 Å². The van der Waals surface area contributed by atoms with E-state index in [1.165, 1.54) is 65.9 Å². The predicted molar refractivity (Wildman–Crippen MR) is 178 cm³/mol. The Balaban J connectivity index is 1.44. The minimum atomic E-state index is 0.205. The molecule has 2 nitrogen and oxygen atoms in total. The van der Waals surface area contributed by atoms with Gasteiger partial charge in [-0.05, 0) is 73.6 Å². The van der Waals surface area contributed by atoms with Crippen LogP contribution in [0.15, 0.2) is 133 Å². The van der Waals surface area contributed by atoms with E-state index < -0.39 is 0 Å². The Hall–Kier alpha value is -3.78. The summed E-state index contributed by atoms with van der Waals surface area (Å²) >= 11 is 0. The zero-order chi connectivity index (χ0) is 28.5. The Kier molecular flexibility index (Phi) is 7.63. The van der Waals surface area contributed by atoms with Gasteiger partial charge in [0.15, 0.2) is 0 Å². The lowest BCUT2D eigenvalue weighted by molar-refractivity contribution is 0.263. The highest BCUT2D eigenvalue weighted by molar-refractivity contribution is 5.62. The van der Waals surface area contributed by atoms with Gasteiger partial charge in [-0.3, -0.25) is 0 Å². The number of allylic oxidation sites excluding steroid dienone is 5. The first kappa shape index (κ1) is 27.1. The van der Waals surface area contributed by atoms with Gasteiger partial charge in [0.1, 0.15) is 0 Å². The number of fused-ring (bicyclic) bond motifs is 2. The zero-order valence-electron chi connectivity index (χ0n) is 25.1. The molecule has 214 valence electrons. The number of hydrogen-bond acceptors (Lipinski definition) is 2. The van der Waals surface area contributed by atoms with Crippen molar-refractivity contribution in [2.24, 2.45) is 17.8 Å². The summed E-state index contributed by atoms with van der Waals surface area (Å²) in [6, 6.07) is 32.9. The molecule has 1 saturated carbocycles. The van der Waals surface area contributed by atoms with Crippen LogP contribution >= 0.6 is 0 Å². The Labute approximate surface area is 252 Å². The van der Waals surface area contributed by atoms with Crippen LogP contribution in [0.4, 0.5) is 11.4 Å². The van der Waals surface area contributed by atoms with E-state index in [4.69, 9.17) is 0 Å². The van der Waals surface area contributed by atoms with E-state index in [-0.39, 0.29) is 6.04 Å². The van der Waals surface area contributed by atoms with Crippen LogP contribution < -0.4 is 9.80 Å². The molecule has 3 aromatic carbocycles. The van der Waals surface area contributed by atoms with Gasteiger partial charge in [0.25, 0.3) is 0 Å². The van der Waals surface area contributed by atoms with E-state index in [9.17, 15) is 0 Å². The van der Waals surface area contributed by atoms with E-state index in [1.807, 2.05) is 0 Å². The fraction of sp³-hybridized carbons (Fsp3) is 0.350. The molecule has 0 spiro atoms. The van der Waals surface area contributed by atoms with Gasteiger partial charge in [-0.1, -0.05) is 123 Å². The van der Waals surface area contributed by atoms with Crippen molar-refractivity contribution in [2.45, 2.75) is 70.5 Å². The molecular formula is C40H44N2. The van der Waals surface area contributed by atoms with Gasteiger partial charge in [0.2, 0.25) is 0 Å². The van der Waals surface area contributed by atoms with E-state index in [1.54, 1.807) is 0 Å². The Morgan fingerprint density at radius 3 is 2.05 bits per heavy atom. The molecule has 4 unspecified atom stereocenters. The molecule has 0 saturated heterocycles. The van der Waals surface area contributed by atoms with Crippen LogP contribution in [0.5, 0.6) is 0 Å². The van der Waals surface area contributed by atoms with Gasteiger partial charge in [0, 0.05) is 34.9 Å². The molecule has 7 rings (SSSR count). The molecule has 1 fully saturated rings. The van der Waals surface area contributed by atoms with Crippen molar-refractivity contribution in [3.05, 3.63) is 144 Å². The predicted octanol–water partition coefficient (Wildman–Crippen LogP) is 10.4. The molecule has 0 heterocycles. The van der Waals surface area contributed by atoms with Crippen LogP contribution in [0.3, 0.4) is 0 Å². The smallest absolute Gasteiger partial charge is 0.0666 e. The van der Waals surface area contributed by atoms with E-state index in [0.29, 0.717) is 29.8 Å². The summed E-state index contributed by atoms with van der Waals surface area (Å²) in [6.07, 6.45) is 22.2. The lowest BCUT2D eigenvalue weighted by Crippen LogP contribution is -2.50. The van der Waals surface area contributed by atoms with Crippen molar-refractivity contribution in [3.8, 4) is 0 Å². The fourth-order valence-electron chi connectivity index (χ4n) is 8.31. The Morgan fingerprint density at radius 1 is 0.714 bits per heavy atom. The SMILES string of the molecule is CC1=CC=CC2C1C(N(C1=C[C@H](C)CC=C1)c1ccccc1)c1ccccc1C2N(c1ccccc1)C1CCCCC1. The minimum Gasteiger partial charge on any atom is -0.361 e. The minimum absolute atomic E-state index is 0.205. The topological polar surface area (TPSA) is 6.48 Å². The third kappa shape index (κ3) is 4.96. The maximum atomic E-state index is 2.85. The van der Waals surface area contributed by atoms with Gasteiger partial charge < -0.3 is 9.80 Å². The van der Waals surface area contributed by atoms with Gasteiger partial charge in [-0.2, -0.15) is 0 Å². The number of anilines is 2. The number of rotatable bonds is 6. The van der Waals surface area contributed by atoms with E-state index in [0.717, 1.165) is 6.42 Å². The molecule has 3 aromatic rings. The molecule has 0 N–H and O–H groups in total. The zero-order valence-corrected chi connectivity index (χ0v) is 25.1. The number of benzene rings is 3. The quantitative estimate of drug-likeness (QED) is 0.300. The Morgan fingerprint density at radius 2 is 1.36 bits per heavy atom. The van der Waals surface area contributed by atoms with Crippen LogP contribution in [-0.2, 0) is 0 Å². The summed E-state index contributed by atoms with van der Waals surface area (Å²) in [5.74, 6) is 1.26. The van der Waals surface area contributed by atoms with Crippen molar-refractivity contribution in [1.29, 1.82) is 0 Å². The van der Waals surface area contributed by atoms with Gasteiger partial charge in [0.05, 0.1) is 12.1 Å². The molecule has 0 amide bonds. The second-order valence-corrected chi connectivity index (χ2v) is 12.9. The van der Waals surface area contributed by atoms with Gasteiger partial charge in [-0.15, -0.1) is 0 Å². The lowest BCUT2D eigenvalue weighted by atomic mass is 9.64. The molecular weight excluding hydrogens is 508 g/mol. The summed E-state index contributed by atoms with van der Waals surface area (Å²) < 4.78 is 0. The monoisotopic (exact) mass is 552 g/mol. The molecule has 4 aliphatic carbocycles. The van der Waals surface area contributed by atoms with Gasteiger partial charge in [-0.25, -0.2) is 0 Å². The van der Waals surface area contributed by atoms with Crippen molar-refractivity contribution in [3.63, 3.8) is 0 Å². The number of para-hydroxylation sites is 2. The second-order valence-electron chi connectivity index (χ2n) is 12.9. The average Bonchev–Trinajstić information content (AvgIpc) is 3.04. The molecule has 4 aliphatic rings. The third-order valence-electron chi connectivity index (χ3n) is 10.1. The summed E-state index contributed by atoms with van der Waals surface area (Å²) in [6.45, 7) is 4.72. The first-order valence-corrected chi connectivity index (χ1v) is 16.2. The lowest BCUT2D eigenvalue weighted by Gasteiger charge is -2.54. The summed E-state index contributed by atoms with van der Waals surface area (Å²) in [5, 5.41) is 0. The van der Waals surface area contributed by atoms with Crippen LogP contribution in [-0.4, -0.2) is 6.04 Å².